The molecule has 5 fully saturated rings. The molecule has 0 saturated carbocycles. The normalized spacial score (nSPS) is 30.7. The van der Waals surface area contributed by atoms with E-state index < -0.39 is 202 Å². The van der Waals surface area contributed by atoms with Crippen LogP contribution in [0.25, 0.3) is 31.3 Å². The fourth-order valence-corrected chi connectivity index (χ4v) is 13.2. The Hall–Kier alpha value is -7.94. The van der Waals surface area contributed by atoms with E-state index in [1.165, 1.54) is 38.3 Å². The monoisotopic (exact) mass is 1610 g/mol. The second-order valence-electron chi connectivity index (χ2n) is 27.5. The summed E-state index contributed by atoms with van der Waals surface area (Å²) in [5.41, 5.74) is 31.1. The van der Waals surface area contributed by atoms with Gasteiger partial charge in [0.25, 0.3) is 0 Å². The van der Waals surface area contributed by atoms with Gasteiger partial charge in [-0.05, 0) is 85.8 Å². The molecule has 5 saturated heterocycles. The zero-order chi connectivity index (χ0) is 82.5. The number of carbonyl (C=O) groups is 7. The van der Waals surface area contributed by atoms with Gasteiger partial charge in [-0.2, -0.15) is 0 Å². The molecule has 24 atom stereocenters. The average Bonchev–Trinajstić information content (AvgIpc) is 0.756. The maximum absolute atomic E-state index is 15.0. The predicted molar refractivity (Wildman–Crippen MR) is 396 cm³/mol. The van der Waals surface area contributed by atoms with Crippen LogP contribution in [0.15, 0.2) is 76.0 Å². The number of ether oxygens (including phenoxy) is 22. The molecule has 634 valence electrons. The number of esters is 7. The van der Waals surface area contributed by atoms with Crippen LogP contribution in [0.2, 0.25) is 0 Å². The number of methoxy groups -OCH3 is 2. The number of rotatable bonds is 47. The average molecular weight is 1610 g/mol. The Bertz CT molecular complexity index is 3430. The third-order valence-corrected chi connectivity index (χ3v) is 19.0. The molecule has 0 spiro atoms. The molecule has 0 aliphatic carbocycles. The number of carbonyl (C=O) groups excluding carboxylic acids is 7. The molecule has 5 aliphatic rings. The molecular weight excluding hydrogens is 1500 g/mol. The highest BCUT2D eigenvalue weighted by atomic mass is 16.8. The van der Waals surface area contributed by atoms with Gasteiger partial charge in [-0.15, -0.1) is 0 Å². The van der Waals surface area contributed by atoms with Crippen LogP contribution in [0.4, 0.5) is 0 Å². The number of benzene rings is 2. The van der Waals surface area contributed by atoms with Crippen molar-refractivity contribution in [2.45, 2.75) is 293 Å². The Balaban J connectivity index is 1.38. The first kappa shape index (κ1) is 93.2. The van der Waals surface area contributed by atoms with Gasteiger partial charge in [0.15, 0.2) is 49.8 Å². The second-order valence-corrected chi connectivity index (χ2v) is 27.5. The summed E-state index contributed by atoms with van der Waals surface area (Å²) in [5, 5.41) is 12.2. The highest BCUT2D eigenvalue weighted by Crippen LogP contribution is 2.42. The molecule has 0 N–H and O–H groups in total. The van der Waals surface area contributed by atoms with Gasteiger partial charge in [-0.1, -0.05) is 132 Å². The Morgan fingerprint density at radius 1 is 0.395 bits per heavy atom. The van der Waals surface area contributed by atoms with Gasteiger partial charge < -0.3 is 104 Å². The summed E-state index contributed by atoms with van der Waals surface area (Å²) in [6, 6.07) is 11.3. The molecule has 7 rings (SSSR count). The molecule has 5 heterocycles. The number of nitrogens with zero attached hydrogens (tertiary/aromatic N) is 9. The van der Waals surface area contributed by atoms with Gasteiger partial charge in [-0.3, -0.25) is 14.4 Å². The van der Waals surface area contributed by atoms with Crippen LogP contribution in [0.3, 0.4) is 0 Å². The molecule has 114 heavy (non-hydrogen) atoms. The van der Waals surface area contributed by atoms with E-state index in [4.69, 9.17) is 104 Å². The van der Waals surface area contributed by atoms with Crippen molar-refractivity contribution in [3.63, 3.8) is 0 Å². The van der Waals surface area contributed by atoms with Crippen molar-refractivity contribution in [3.05, 3.63) is 103 Å². The predicted octanol–water partition coefficient (Wildman–Crippen LogP) is 9.81. The lowest BCUT2D eigenvalue weighted by molar-refractivity contribution is -0.379. The number of hydrogen-bond donors (Lipinski definition) is 0. The molecule has 38 heteroatoms. The summed E-state index contributed by atoms with van der Waals surface area (Å²) >= 11 is 0. The molecule has 2 aromatic carbocycles. The third-order valence-electron chi connectivity index (χ3n) is 19.0. The van der Waals surface area contributed by atoms with Crippen molar-refractivity contribution >= 4 is 41.8 Å². The third kappa shape index (κ3) is 27.1. The summed E-state index contributed by atoms with van der Waals surface area (Å²) in [6.07, 6.45) is -27.9. The van der Waals surface area contributed by atoms with E-state index in [1.807, 2.05) is 41.5 Å². The van der Waals surface area contributed by atoms with Gasteiger partial charge in [0, 0.05) is 75.7 Å². The lowest BCUT2D eigenvalue weighted by Crippen LogP contribution is -2.69. The largest absolute Gasteiger partial charge is 0.467 e. The Kier molecular flexibility index (Phi) is 40.8. The van der Waals surface area contributed by atoms with Gasteiger partial charge >= 0.3 is 41.8 Å². The van der Waals surface area contributed by atoms with E-state index in [0.717, 1.165) is 27.4 Å². The molecule has 38 nitrogen and oxygen atoms in total. The van der Waals surface area contributed by atoms with Gasteiger partial charge in [0.2, 0.25) is 0 Å². The summed E-state index contributed by atoms with van der Waals surface area (Å²) in [7, 11) is 2.32. The van der Waals surface area contributed by atoms with Crippen molar-refractivity contribution in [2.24, 2.45) is 15.3 Å². The summed E-state index contributed by atoms with van der Waals surface area (Å²) in [5.74, 6) is -6.46. The van der Waals surface area contributed by atoms with Crippen LogP contribution < -0.4 is 0 Å². The molecule has 0 aromatic heterocycles. The van der Waals surface area contributed by atoms with Crippen LogP contribution in [-0.4, -0.2) is 263 Å². The first-order valence-electron chi connectivity index (χ1n) is 39.1. The maximum Gasteiger partial charge on any atom is 0.338 e. The molecule has 0 bridgehead atoms. The summed E-state index contributed by atoms with van der Waals surface area (Å²) < 4.78 is 141. The molecule has 0 radical (unpaired) electrons. The smallest absolute Gasteiger partial charge is 0.338 e. The van der Waals surface area contributed by atoms with E-state index >= 15 is 4.79 Å². The van der Waals surface area contributed by atoms with Crippen LogP contribution in [0.5, 0.6) is 0 Å². The summed E-state index contributed by atoms with van der Waals surface area (Å²) in [4.78, 5) is 107. The van der Waals surface area contributed by atoms with E-state index in [-0.39, 0.29) is 63.8 Å². The Morgan fingerprint density at radius 2 is 0.816 bits per heavy atom. The van der Waals surface area contributed by atoms with Crippen molar-refractivity contribution < 1.29 is 138 Å². The lowest BCUT2D eigenvalue weighted by atomic mass is 9.93. The molecule has 0 amide bonds. The molecule has 5 aliphatic heterocycles. The number of unbranched alkanes of at least 4 members (excludes halogenated alkanes) is 6. The van der Waals surface area contributed by atoms with Crippen LogP contribution in [0.1, 0.15) is 167 Å². The van der Waals surface area contributed by atoms with Crippen molar-refractivity contribution in [1.82, 2.24) is 0 Å². The zero-order valence-corrected chi connectivity index (χ0v) is 66.6. The quantitative estimate of drug-likeness (QED) is 0.0148. The number of azide groups is 3. The first-order valence-corrected chi connectivity index (χ1v) is 39.1. The molecule has 7 unspecified atom stereocenters. The number of hydrogen-bond acceptors (Lipinski definition) is 32. The van der Waals surface area contributed by atoms with Crippen molar-refractivity contribution in [2.75, 3.05) is 73.7 Å². The Morgan fingerprint density at radius 3 is 1.32 bits per heavy atom. The SMILES string of the molecule is CCCCOC(=O)[C@@H]1O[C@@H](O[C@@H]2C(COC(C)=O)O[C@H](O[C@@H]3C(C(=O)OC)O[C@@H](O[C@@H]4C(COC(=O)c5ccccc5)O[C@H](OC)C(N=[N+]=[N-])[C@H]4OCCCC)[C@@H](OC(=O)c4ccccc4)C3OCCCC)C(N=[N+]=[N-])[C@H]2OC(C)=O)[C@@H](OCCCC)C(OCCCC)[C@@H]1O[C@H]1O[C@@H](COC(C)=O)[C@@H](OCCCC)C[C@@H]1N=[N+]=[N-]. The topological polar surface area (TPSA) is 469 Å². The van der Waals surface area contributed by atoms with E-state index in [9.17, 15) is 45.4 Å². The molecular formula is C76H111N9O29. The lowest BCUT2D eigenvalue weighted by Gasteiger charge is -2.51. The molecule has 2 aromatic rings. The van der Waals surface area contributed by atoms with Crippen LogP contribution in [-0.2, 0) is 128 Å². The van der Waals surface area contributed by atoms with Crippen LogP contribution in [0, 0.1) is 0 Å². The minimum absolute atomic E-state index is 0.00387. The van der Waals surface area contributed by atoms with E-state index in [1.54, 1.807) is 36.4 Å². The first-order chi connectivity index (χ1) is 55.3. The maximum atomic E-state index is 15.0. The Labute approximate surface area is 662 Å². The van der Waals surface area contributed by atoms with Gasteiger partial charge in [0.1, 0.15) is 99.0 Å². The van der Waals surface area contributed by atoms with Gasteiger partial charge in [0.05, 0.1) is 43.1 Å². The van der Waals surface area contributed by atoms with Crippen molar-refractivity contribution in [1.29, 1.82) is 0 Å². The van der Waals surface area contributed by atoms with E-state index in [0.29, 0.717) is 70.6 Å². The second kappa shape index (κ2) is 49.9. The highest BCUT2D eigenvalue weighted by Gasteiger charge is 2.62. The highest BCUT2D eigenvalue weighted by molar-refractivity contribution is 5.90. The standard InChI is InChI=1S/C76H111N9O29/c1-12-18-34-95-50-40-49(80-83-77)72(105-51(50)41-101-44(7)86)111-62-60(97-36-20-14-3)66(99-38-22-16-5)75(114-65(62)71(92)100-39-23-17-6)110-57-52(42-102-45(8)87)107-74(55(82-85-79)59(57)104-46(9)88)112-63-61(98-37-21-15-4)67(108-69(90)48-32-28-25-29-33-48)76(113-64(63)70(91)93-10)109-56-53(43-103-68(89)47-30-26-24-27-31-47)106-73(94-11)54(81-84-78)58(56)96-35-19-13-2/h24-33,49-67,72-76H,12-23,34-43H2,1-11H3/t49-,50-,51-,52?,53?,54?,55?,56+,57+,58+,59+,60?,61?,62-,63-,64?,65+,66-,67-,72+,73-,74+,75+,76+/m0/s1. The van der Waals surface area contributed by atoms with E-state index in [2.05, 4.69) is 30.1 Å². The fourth-order valence-electron chi connectivity index (χ4n) is 13.2. The van der Waals surface area contributed by atoms with Gasteiger partial charge in [-0.25, -0.2) is 19.2 Å². The van der Waals surface area contributed by atoms with Crippen LogP contribution >= 0.6 is 0 Å². The summed E-state index contributed by atoms with van der Waals surface area (Å²) in [6.45, 7) is 13.2. The minimum Gasteiger partial charge on any atom is -0.467 e. The fraction of sp³-hybridized carbons (Fsp3) is 0.750. The van der Waals surface area contributed by atoms with Crippen molar-refractivity contribution in [3.8, 4) is 0 Å². The minimum atomic E-state index is -2.08. The zero-order valence-electron chi connectivity index (χ0n) is 66.6.